The van der Waals surface area contributed by atoms with Crippen LogP contribution >= 0.6 is 11.3 Å². The Bertz CT molecular complexity index is 764. The van der Waals surface area contributed by atoms with Gasteiger partial charge in [-0.15, -0.1) is 11.3 Å². The van der Waals surface area contributed by atoms with E-state index in [2.05, 4.69) is 0 Å². The van der Waals surface area contributed by atoms with E-state index in [0.29, 0.717) is 18.7 Å². The number of rotatable bonds is 6. The average Bonchev–Trinajstić information content (AvgIpc) is 3.31. The first-order valence-electron chi connectivity index (χ1n) is 8.96. The number of amides is 1. The van der Waals surface area contributed by atoms with Crippen molar-refractivity contribution in [1.29, 1.82) is 0 Å². The molecule has 1 amide bonds. The van der Waals surface area contributed by atoms with Crippen molar-refractivity contribution in [3.63, 3.8) is 0 Å². The molecule has 1 atom stereocenters. The van der Waals surface area contributed by atoms with E-state index in [1.54, 1.807) is 17.4 Å². The van der Waals surface area contributed by atoms with Crippen LogP contribution in [-0.4, -0.2) is 40.5 Å². The first-order chi connectivity index (χ1) is 12.6. The Morgan fingerprint density at radius 3 is 2.92 bits per heavy atom. The fraction of sp³-hybridized carbons (Fsp3) is 0.400. The van der Waals surface area contributed by atoms with Crippen LogP contribution in [0.5, 0.6) is 0 Å². The van der Waals surface area contributed by atoms with E-state index >= 15 is 0 Å². The van der Waals surface area contributed by atoms with Gasteiger partial charge < -0.3 is 14.2 Å². The number of aromatic nitrogens is 1. The molecular weight excluding hydrogens is 348 g/mol. The maximum absolute atomic E-state index is 12.8. The summed E-state index contributed by atoms with van der Waals surface area (Å²) in [5.74, 6) is -0.277. The van der Waals surface area contributed by atoms with Crippen molar-refractivity contribution in [1.82, 2.24) is 9.47 Å². The Morgan fingerprint density at radius 2 is 2.19 bits per heavy atom. The molecule has 138 valence electrons. The number of ether oxygens (including phenoxy) is 1. The third-order valence-corrected chi connectivity index (χ3v) is 5.51. The third kappa shape index (κ3) is 4.64. The Morgan fingerprint density at radius 1 is 1.31 bits per heavy atom. The second kappa shape index (κ2) is 8.85. The van der Waals surface area contributed by atoms with Crippen LogP contribution in [0.25, 0.3) is 6.08 Å². The first-order valence-corrected chi connectivity index (χ1v) is 9.84. The molecule has 3 rings (SSSR count). The van der Waals surface area contributed by atoms with Crippen LogP contribution in [0.2, 0.25) is 0 Å². The number of thiophene rings is 1. The van der Waals surface area contributed by atoms with Gasteiger partial charge in [0.2, 0.25) is 0 Å². The predicted molar refractivity (Wildman–Crippen MR) is 103 cm³/mol. The summed E-state index contributed by atoms with van der Waals surface area (Å²) < 4.78 is 7.17. The van der Waals surface area contributed by atoms with Gasteiger partial charge in [0.05, 0.1) is 6.61 Å². The number of esters is 1. The molecule has 0 aliphatic carbocycles. The number of aryl methyl sites for hydroxylation is 1. The molecule has 0 aromatic carbocycles. The van der Waals surface area contributed by atoms with Gasteiger partial charge in [-0.25, -0.2) is 4.79 Å². The molecule has 6 heteroatoms. The van der Waals surface area contributed by atoms with Crippen LogP contribution in [0, 0.1) is 0 Å². The van der Waals surface area contributed by atoms with E-state index in [-0.39, 0.29) is 17.9 Å². The molecule has 1 unspecified atom stereocenters. The van der Waals surface area contributed by atoms with E-state index in [1.165, 1.54) is 6.08 Å². The molecule has 3 heterocycles. The summed E-state index contributed by atoms with van der Waals surface area (Å²) in [6.45, 7) is 1.09. The highest BCUT2D eigenvalue weighted by atomic mass is 32.1. The van der Waals surface area contributed by atoms with Gasteiger partial charge in [-0.05, 0) is 48.9 Å². The normalized spacial score (nSPS) is 17.6. The summed E-state index contributed by atoms with van der Waals surface area (Å²) in [7, 11) is 1.88. The van der Waals surface area contributed by atoms with Crippen molar-refractivity contribution in [2.24, 2.45) is 7.05 Å². The second-order valence-corrected chi connectivity index (χ2v) is 7.44. The van der Waals surface area contributed by atoms with Crippen LogP contribution in [0.1, 0.15) is 41.0 Å². The highest BCUT2D eigenvalue weighted by Gasteiger charge is 2.28. The zero-order valence-electron chi connectivity index (χ0n) is 15.0. The molecule has 2 aromatic heterocycles. The number of hydrogen-bond donors (Lipinski definition) is 0. The Balaban J connectivity index is 1.51. The highest BCUT2D eigenvalue weighted by molar-refractivity contribution is 7.10. The van der Waals surface area contributed by atoms with E-state index in [0.717, 1.165) is 30.7 Å². The monoisotopic (exact) mass is 372 g/mol. The molecule has 1 fully saturated rings. The number of carbonyl (C=O) groups is 2. The lowest BCUT2D eigenvalue weighted by atomic mass is 9.99. The molecule has 0 saturated carbocycles. The van der Waals surface area contributed by atoms with Crippen molar-refractivity contribution in [2.75, 3.05) is 13.2 Å². The molecule has 5 nitrogen and oxygen atoms in total. The van der Waals surface area contributed by atoms with Crippen molar-refractivity contribution < 1.29 is 14.3 Å². The van der Waals surface area contributed by atoms with Gasteiger partial charge in [0.1, 0.15) is 5.69 Å². The van der Waals surface area contributed by atoms with Crippen LogP contribution in [0.4, 0.5) is 0 Å². The summed E-state index contributed by atoms with van der Waals surface area (Å²) >= 11 is 1.57. The van der Waals surface area contributed by atoms with Gasteiger partial charge in [-0.3, -0.25) is 4.79 Å². The number of hydrogen-bond acceptors (Lipinski definition) is 4. The maximum Gasteiger partial charge on any atom is 0.330 e. The summed E-state index contributed by atoms with van der Waals surface area (Å²) in [6.07, 6.45) is 8.86. The minimum Gasteiger partial charge on any atom is -0.462 e. The molecule has 2 aromatic rings. The Labute approximate surface area is 157 Å². The summed E-state index contributed by atoms with van der Waals surface area (Å²) in [5, 5.41) is 1.96. The lowest BCUT2D eigenvalue weighted by Crippen LogP contribution is -2.44. The fourth-order valence-corrected chi connectivity index (χ4v) is 3.90. The highest BCUT2D eigenvalue weighted by Crippen LogP contribution is 2.22. The van der Waals surface area contributed by atoms with Crippen molar-refractivity contribution >= 4 is 29.3 Å². The van der Waals surface area contributed by atoms with Crippen LogP contribution in [-0.2, 0) is 16.6 Å². The minimum atomic E-state index is -0.338. The Kier molecular flexibility index (Phi) is 6.28. The standard InChI is InChI=1S/C20H24N2O3S/c1-21-12-4-8-18(21)20(24)22-13-3-2-6-16(22)11-14-25-19(23)10-9-17-7-5-15-26-17/h4-5,7-10,12,15-16H,2-3,6,11,13-14H2,1H3. The quantitative estimate of drug-likeness (QED) is 0.573. The van der Waals surface area contributed by atoms with Gasteiger partial charge in [0.15, 0.2) is 0 Å². The van der Waals surface area contributed by atoms with Gasteiger partial charge in [0, 0.05) is 43.2 Å². The largest absolute Gasteiger partial charge is 0.462 e. The zero-order chi connectivity index (χ0) is 18.4. The van der Waals surface area contributed by atoms with Crippen LogP contribution in [0.15, 0.2) is 41.9 Å². The average molecular weight is 372 g/mol. The van der Waals surface area contributed by atoms with Crippen molar-refractivity contribution in [3.05, 3.63) is 52.5 Å². The molecule has 26 heavy (non-hydrogen) atoms. The minimum absolute atomic E-state index is 0.0612. The van der Waals surface area contributed by atoms with Crippen LogP contribution < -0.4 is 0 Å². The first kappa shape index (κ1) is 18.5. The van der Waals surface area contributed by atoms with Crippen molar-refractivity contribution in [3.8, 4) is 0 Å². The maximum atomic E-state index is 12.8. The second-order valence-electron chi connectivity index (χ2n) is 6.46. The van der Waals surface area contributed by atoms with E-state index in [1.807, 2.05) is 52.4 Å². The smallest absolute Gasteiger partial charge is 0.330 e. The summed E-state index contributed by atoms with van der Waals surface area (Å²) in [4.78, 5) is 27.6. The third-order valence-electron chi connectivity index (χ3n) is 4.67. The predicted octanol–water partition coefficient (Wildman–Crippen LogP) is 3.73. The number of likely N-dealkylation sites (tertiary alicyclic amines) is 1. The van der Waals surface area contributed by atoms with Gasteiger partial charge in [0.25, 0.3) is 5.91 Å². The van der Waals surface area contributed by atoms with Gasteiger partial charge in [-0.1, -0.05) is 6.07 Å². The molecule has 1 aliphatic rings. The summed E-state index contributed by atoms with van der Waals surface area (Å²) in [5.41, 5.74) is 0.702. The molecule has 0 radical (unpaired) electrons. The summed E-state index contributed by atoms with van der Waals surface area (Å²) in [6, 6.07) is 7.75. The zero-order valence-corrected chi connectivity index (χ0v) is 15.8. The molecule has 0 spiro atoms. The van der Waals surface area contributed by atoms with E-state index in [9.17, 15) is 9.59 Å². The molecule has 0 bridgehead atoms. The van der Waals surface area contributed by atoms with E-state index < -0.39 is 0 Å². The topological polar surface area (TPSA) is 51.5 Å². The molecular formula is C20H24N2O3S. The number of carbonyl (C=O) groups excluding carboxylic acids is 2. The number of piperidine rings is 1. The lowest BCUT2D eigenvalue weighted by Gasteiger charge is -2.35. The fourth-order valence-electron chi connectivity index (χ4n) is 3.28. The van der Waals surface area contributed by atoms with Crippen LogP contribution in [0.3, 0.4) is 0 Å². The van der Waals surface area contributed by atoms with Crippen molar-refractivity contribution in [2.45, 2.75) is 31.7 Å². The SMILES string of the molecule is Cn1cccc1C(=O)N1CCCCC1CCOC(=O)C=Cc1cccs1. The van der Waals surface area contributed by atoms with E-state index in [4.69, 9.17) is 4.74 Å². The number of nitrogens with zero attached hydrogens (tertiary/aromatic N) is 2. The Hall–Kier alpha value is -2.34. The molecule has 1 aliphatic heterocycles. The molecule has 1 saturated heterocycles. The molecule has 0 N–H and O–H groups in total. The lowest BCUT2D eigenvalue weighted by molar-refractivity contribution is -0.138. The van der Waals surface area contributed by atoms with Gasteiger partial charge in [-0.2, -0.15) is 0 Å². The van der Waals surface area contributed by atoms with Gasteiger partial charge >= 0.3 is 5.97 Å².